The Bertz CT molecular complexity index is 3050. The number of aromatic nitrogens is 1. The molecular weight excluding hydrogens is 607 g/mol. The van der Waals surface area contributed by atoms with E-state index in [4.69, 9.17) is 7.16 Å². The van der Waals surface area contributed by atoms with Crippen LogP contribution in [-0.2, 0) is 0 Å². The third kappa shape index (κ3) is 4.73. The van der Waals surface area contributed by atoms with Gasteiger partial charge in [-0.2, -0.15) is 0 Å². The molecule has 0 unspecified atom stereocenters. The predicted octanol–water partition coefficient (Wildman–Crippen LogP) is 13.4. The average molecular weight is 644 g/mol. The molecule has 8 aromatic carbocycles. The molecule has 0 N–H and O–H groups in total. The SMILES string of the molecule is [2H]c1c(-c2ccccc2)c([2H])c2c3c([2H])c(-c4ccccc4)c([2H])c([2H])c3n(-c3ccc(-c4ccc(-c5ccc6oc7ccccc7c6c5)cc4)cc3)c2c1[2H]. The van der Waals surface area contributed by atoms with Crippen molar-refractivity contribution in [2.75, 3.05) is 0 Å². The van der Waals surface area contributed by atoms with E-state index in [1.807, 2.05) is 109 Å². The monoisotopic (exact) mass is 643 g/mol. The first-order valence-corrected chi connectivity index (χ1v) is 16.6. The van der Waals surface area contributed by atoms with E-state index < -0.39 is 0 Å². The summed E-state index contributed by atoms with van der Waals surface area (Å²) in [7, 11) is 0. The maximum absolute atomic E-state index is 9.55. The number of hydrogen-bond acceptors (Lipinski definition) is 1. The van der Waals surface area contributed by atoms with Gasteiger partial charge in [-0.25, -0.2) is 0 Å². The van der Waals surface area contributed by atoms with E-state index in [9.17, 15) is 5.48 Å². The Hall–Kier alpha value is -6.64. The van der Waals surface area contributed by atoms with Crippen molar-refractivity contribution in [2.24, 2.45) is 0 Å². The molecule has 0 aliphatic carbocycles. The minimum absolute atomic E-state index is 0.0115. The van der Waals surface area contributed by atoms with Crippen LogP contribution in [0.2, 0.25) is 0 Å². The van der Waals surface area contributed by atoms with E-state index >= 15 is 0 Å². The molecule has 0 aliphatic heterocycles. The first-order chi connectivity index (χ1) is 27.3. The van der Waals surface area contributed by atoms with Gasteiger partial charge < -0.3 is 8.98 Å². The molecule has 0 saturated heterocycles. The lowest BCUT2D eigenvalue weighted by Crippen LogP contribution is -1.94. The van der Waals surface area contributed by atoms with Gasteiger partial charge in [0, 0.05) is 27.2 Å². The highest BCUT2D eigenvalue weighted by atomic mass is 16.3. The summed E-state index contributed by atoms with van der Waals surface area (Å²) in [5, 5.41) is 2.80. The fourth-order valence-electron chi connectivity index (χ4n) is 6.93. The van der Waals surface area contributed by atoms with Crippen molar-refractivity contribution in [1.29, 1.82) is 0 Å². The van der Waals surface area contributed by atoms with Gasteiger partial charge in [-0.15, -0.1) is 0 Å². The Labute approximate surface area is 298 Å². The van der Waals surface area contributed by atoms with Gasteiger partial charge in [-0.3, -0.25) is 0 Å². The van der Waals surface area contributed by atoms with E-state index in [0.717, 1.165) is 44.2 Å². The Morgan fingerprint density at radius 1 is 0.360 bits per heavy atom. The smallest absolute Gasteiger partial charge is 0.135 e. The van der Waals surface area contributed by atoms with Gasteiger partial charge in [-0.05, 0) is 99.0 Å². The maximum atomic E-state index is 9.55. The highest BCUT2D eigenvalue weighted by molar-refractivity contribution is 6.12. The van der Waals surface area contributed by atoms with Gasteiger partial charge in [0.15, 0.2) is 0 Å². The largest absolute Gasteiger partial charge is 0.456 e. The van der Waals surface area contributed by atoms with E-state index in [1.54, 1.807) is 4.57 Å². The molecular formula is C48H31NO. The molecule has 2 heterocycles. The number of para-hydroxylation sites is 1. The molecule has 2 aromatic heterocycles. The third-order valence-corrected chi connectivity index (χ3v) is 9.46. The zero-order chi connectivity index (χ0) is 38.2. The predicted molar refractivity (Wildman–Crippen MR) is 210 cm³/mol. The van der Waals surface area contributed by atoms with Crippen molar-refractivity contribution in [1.82, 2.24) is 4.57 Å². The van der Waals surface area contributed by atoms with E-state index in [-0.39, 0.29) is 47.3 Å². The van der Waals surface area contributed by atoms with Crippen LogP contribution in [0.25, 0.3) is 93.9 Å². The molecule has 2 nitrogen and oxygen atoms in total. The Morgan fingerprint density at radius 2 is 0.820 bits per heavy atom. The number of rotatable bonds is 5. The number of benzene rings is 8. The zero-order valence-corrected chi connectivity index (χ0v) is 26.8. The highest BCUT2D eigenvalue weighted by Crippen LogP contribution is 2.38. The lowest BCUT2D eigenvalue weighted by Gasteiger charge is -2.11. The highest BCUT2D eigenvalue weighted by Gasteiger charge is 2.15. The Morgan fingerprint density at radius 3 is 1.42 bits per heavy atom. The summed E-state index contributed by atoms with van der Waals surface area (Å²) in [5.41, 5.74) is 8.82. The van der Waals surface area contributed by atoms with Crippen LogP contribution in [0.3, 0.4) is 0 Å². The van der Waals surface area contributed by atoms with Crippen LogP contribution in [-0.4, -0.2) is 4.57 Å². The van der Waals surface area contributed by atoms with Crippen LogP contribution in [0, 0.1) is 0 Å². The minimum atomic E-state index is -0.112. The summed E-state index contributed by atoms with van der Waals surface area (Å²) in [6.45, 7) is 0. The second kappa shape index (κ2) is 11.5. The fraction of sp³-hybridized carbons (Fsp3) is 0. The number of nitrogens with zero attached hydrogens (tertiary/aromatic N) is 1. The molecule has 50 heavy (non-hydrogen) atoms. The van der Waals surface area contributed by atoms with Crippen molar-refractivity contribution in [2.45, 2.75) is 0 Å². The van der Waals surface area contributed by atoms with Crippen molar-refractivity contribution in [3.05, 3.63) is 188 Å². The van der Waals surface area contributed by atoms with E-state index in [1.165, 1.54) is 0 Å². The van der Waals surface area contributed by atoms with Gasteiger partial charge in [0.1, 0.15) is 11.2 Å². The summed E-state index contributed by atoms with van der Waals surface area (Å²) in [4.78, 5) is 0. The summed E-state index contributed by atoms with van der Waals surface area (Å²) < 4.78 is 63.9. The first-order valence-electron chi connectivity index (χ1n) is 19.6. The van der Waals surface area contributed by atoms with Crippen LogP contribution < -0.4 is 0 Å². The zero-order valence-electron chi connectivity index (χ0n) is 32.8. The third-order valence-electron chi connectivity index (χ3n) is 9.46. The van der Waals surface area contributed by atoms with Crippen LogP contribution in [0.4, 0.5) is 0 Å². The van der Waals surface area contributed by atoms with E-state index in [0.29, 0.717) is 38.7 Å². The standard InChI is InChI=1S/C48H31NO/c1-3-9-32(10-4-1)37-21-26-45-42(29-37)43-30-38(33-11-5-2-6-12-33)22-27-46(43)49(45)40-24-19-35(20-25-40)34-15-17-36(18-16-34)39-23-28-48-44(31-39)41-13-7-8-14-47(41)50-48/h1-31H/i21D,22D,26D,27D,29D,30D. The number of furan rings is 1. The second-order valence-electron chi connectivity index (χ2n) is 12.4. The topological polar surface area (TPSA) is 18.1 Å². The molecule has 0 aliphatic rings. The Balaban J connectivity index is 1.13. The molecule has 10 aromatic rings. The van der Waals surface area contributed by atoms with Gasteiger partial charge in [0.05, 0.1) is 19.3 Å². The van der Waals surface area contributed by atoms with Crippen LogP contribution in [0.15, 0.2) is 192 Å². The van der Waals surface area contributed by atoms with Gasteiger partial charge in [-0.1, -0.05) is 133 Å². The second-order valence-corrected chi connectivity index (χ2v) is 12.4. The molecule has 10 rings (SSSR count). The summed E-state index contributed by atoms with van der Waals surface area (Å²) in [5.74, 6) is 0. The lowest BCUT2D eigenvalue weighted by molar-refractivity contribution is 0.669. The lowest BCUT2D eigenvalue weighted by atomic mass is 9.99. The fourth-order valence-corrected chi connectivity index (χ4v) is 6.93. The summed E-state index contributed by atoms with van der Waals surface area (Å²) >= 11 is 0. The summed E-state index contributed by atoms with van der Waals surface area (Å²) in [6, 6.07) is 48.3. The molecule has 0 radical (unpaired) electrons. The minimum Gasteiger partial charge on any atom is -0.456 e. The normalized spacial score (nSPS) is 13.3. The number of fused-ring (bicyclic) bond motifs is 6. The van der Waals surface area contributed by atoms with Crippen LogP contribution >= 0.6 is 0 Å². The first kappa shape index (κ1) is 22.8. The molecule has 0 bridgehead atoms. The molecule has 0 atom stereocenters. The van der Waals surface area contributed by atoms with Crippen molar-refractivity contribution in [3.63, 3.8) is 0 Å². The Kier molecular flexibility index (Phi) is 5.26. The van der Waals surface area contributed by atoms with Crippen LogP contribution in [0.1, 0.15) is 8.22 Å². The molecule has 0 amide bonds. The van der Waals surface area contributed by atoms with Crippen molar-refractivity contribution < 1.29 is 12.6 Å². The molecule has 0 fully saturated rings. The quantitative estimate of drug-likeness (QED) is 0.182. The molecule has 2 heteroatoms. The van der Waals surface area contributed by atoms with E-state index in [2.05, 4.69) is 42.5 Å². The van der Waals surface area contributed by atoms with Crippen molar-refractivity contribution in [3.8, 4) is 50.2 Å². The molecule has 0 spiro atoms. The van der Waals surface area contributed by atoms with Crippen LogP contribution in [0.5, 0.6) is 0 Å². The van der Waals surface area contributed by atoms with Gasteiger partial charge in [0.2, 0.25) is 0 Å². The average Bonchev–Trinajstić information content (AvgIpc) is 3.80. The van der Waals surface area contributed by atoms with Gasteiger partial charge in [0.25, 0.3) is 0 Å². The van der Waals surface area contributed by atoms with Gasteiger partial charge >= 0.3 is 0 Å². The molecule has 0 saturated carbocycles. The maximum Gasteiger partial charge on any atom is 0.135 e. The molecule has 234 valence electrons. The number of hydrogen-bond donors (Lipinski definition) is 0. The van der Waals surface area contributed by atoms with Crippen molar-refractivity contribution >= 4 is 43.7 Å². The summed E-state index contributed by atoms with van der Waals surface area (Å²) in [6.07, 6.45) is 0.